The molecule has 0 radical (unpaired) electrons. The van der Waals surface area contributed by atoms with E-state index in [1.807, 2.05) is 0 Å². The molecule has 2 atom stereocenters. The molecule has 9 heteroatoms. The van der Waals surface area contributed by atoms with Crippen molar-refractivity contribution in [1.82, 2.24) is 0 Å². The second-order valence-electron chi connectivity index (χ2n) is 22.7. The highest BCUT2D eigenvalue weighted by Crippen LogP contribution is 2.43. The summed E-state index contributed by atoms with van der Waals surface area (Å²) < 4.78 is 33.8. The smallest absolute Gasteiger partial charge is 0.457 e. The van der Waals surface area contributed by atoms with E-state index >= 15 is 0 Å². The minimum atomic E-state index is -4.28. The molecule has 0 aromatic carbocycles. The van der Waals surface area contributed by atoms with Crippen molar-refractivity contribution in [1.29, 1.82) is 0 Å². The maximum absolute atomic E-state index is 12.7. The number of unbranched alkanes of at least 4 members (excludes halogenated alkanes) is 52. The molecule has 73 heavy (non-hydrogen) atoms. The van der Waals surface area contributed by atoms with E-state index < -0.39 is 13.9 Å². The second-order valence-corrected chi connectivity index (χ2v) is 24.2. The number of nitrogens with two attached hydrogens (primary N) is 1. The summed E-state index contributed by atoms with van der Waals surface area (Å²) in [6.45, 7) is 5.04. The van der Waals surface area contributed by atoms with E-state index in [0.717, 1.165) is 32.1 Å². The molecule has 0 bridgehead atoms. The first kappa shape index (κ1) is 72.5. The zero-order valence-electron chi connectivity index (χ0n) is 49.4. The third-order valence-corrected chi connectivity index (χ3v) is 16.3. The van der Waals surface area contributed by atoms with Crippen molar-refractivity contribution in [2.45, 2.75) is 373 Å². The summed E-state index contributed by atoms with van der Waals surface area (Å²) in [5.74, 6) is -0.317. The number of hydrogen-bond acceptors (Lipinski definition) is 7. The van der Waals surface area contributed by atoms with Crippen LogP contribution in [0.25, 0.3) is 0 Å². The third kappa shape index (κ3) is 62.2. The van der Waals surface area contributed by atoms with Crippen molar-refractivity contribution < 1.29 is 32.8 Å². The zero-order chi connectivity index (χ0) is 52.9. The molecule has 0 spiro atoms. The van der Waals surface area contributed by atoms with E-state index in [0.29, 0.717) is 13.0 Å². The number of carbonyl (C=O) groups is 1. The van der Waals surface area contributed by atoms with Gasteiger partial charge in [0.25, 0.3) is 0 Å². The molecular weight excluding hydrogens is 926 g/mol. The van der Waals surface area contributed by atoms with Crippen molar-refractivity contribution in [2.75, 3.05) is 33.0 Å². The lowest BCUT2D eigenvalue weighted by Gasteiger charge is -2.20. The van der Waals surface area contributed by atoms with Crippen LogP contribution in [0.15, 0.2) is 0 Å². The molecule has 0 aliphatic rings. The van der Waals surface area contributed by atoms with Gasteiger partial charge in [0.05, 0.1) is 19.8 Å². The van der Waals surface area contributed by atoms with E-state index in [-0.39, 0.29) is 32.3 Å². The molecule has 0 heterocycles. The third-order valence-electron chi connectivity index (χ3n) is 15.3. The monoisotopic (exact) mass is 1060 g/mol. The number of rotatable bonds is 65. The molecule has 0 saturated heterocycles. The maximum Gasteiger partial charge on any atom is 0.472 e. The van der Waals surface area contributed by atoms with Crippen molar-refractivity contribution in [2.24, 2.45) is 5.73 Å². The lowest BCUT2D eigenvalue weighted by molar-refractivity contribution is -0.154. The summed E-state index contributed by atoms with van der Waals surface area (Å²) in [7, 11) is -4.28. The minimum absolute atomic E-state index is 0.0894. The predicted octanol–water partition coefficient (Wildman–Crippen LogP) is 21.5. The van der Waals surface area contributed by atoms with Gasteiger partial charge in [0.15, 0.2) is 0 Å². The number of hydrogen-bond donors (Lipinski definition) is 2. The molecular formula is C64H130NO7P. The number of esters is 1. The van der Waals surface area contributed by atoms with Gasteiger partial charge in [-0.25, -0.2) is 4.57 Å². The Kier molecular flexibility index (Phi) is 61.9. The molecule has 0 aliphatic heterocycles. The maximum atomic E-state index is 12.7. The van der Waals surface area contributed by atoms with Gasteiger partial charge in [0, 0.05) is 19.6 Å². The molecule has 0 fully saturated rings. The molecule has 438 valence electrons. The fourth-order valence-electron chi connectivity index (χ4n) is 10.4. The highest BCUT2D eigenvalue weighted by Gasteiger charge is 2.25. The summed E-state index contributed by atoms with van der Waals surface area (Å²) in [6, 6.07) is 0. The van der Waals surface area contributed by atoms with Crippen LogP contribution < -0.4 is 5.73 Å². The molecule has 3 N–H and O–H groups in total. The number of phosphoric acid groups is 1. The summed E-state index contributed by atoms with van der Waals surface area (Å²) in [4.78, 5) is 22.7. The molecule has 0 aromatic rings. The Bertz CT molecular complexity index is 1100. The summed E-state index contributed by atoms with van der Waals surface area (Å²) >= 11 is 0. The predicted molar refractivity (Wildman–Crippen MR) is 317 cm³/mol. The van der Waals surface area contributed by atoms with Crippen LogP contribution in [-0.4, -0.2) is 49.9 Å². The molecule has 8 nitrogen and oxygen atoms in total. The van der Waals surface area contributed by atoms with E-state index in [1.54, 1.807) is 0 Å². The minimum Gasteiger partial charge on any atom is -0.457 e. The summed E-state index contributed by atoms with van der Waals surface area (Å²) in [6.07, 6.45) is 73.5. The Balaban J connectivity index is 3.70. The van der Waals surface area contributed by atoms with Crippen LogP contribution in [0.4, 0.5) is 0 Å². The molecule has 0 rings (SSSR count). The van der Waals surface area contributed by atoms with Crippen LogP contribution in [0, 0.1) is 0 Å². The van der Waals surface area contributed by atoms with Crippen molar-refractivity contribution >= 4 is 13.8 Å². The Morgan fingerprint density at radius 3 is 0.863 bits per heavy atom. The SMILES string of the molecule is CCCCCCCCCCCCCCCCCCCCCCCCCCCCCCCCCCCCC(=O)O[C@H](COCCCCCCCCCCCCCCCCCCCCCC)COP(=O)(O)OCCN. The van der Waals surface area contributed by atoms with Crippen LogP contribution in [0.2, 0.25) is 0 Å². The van der Waals surface area contributed by atoms with Crippen LogP contribution >= 0.6 is 7.82 Å². The van der Waals surface area contributed by atoms with E-state index in [9.17, 15) is 14.3 Å². The van der Waals surface area contributed by atoms with E-state index in [4.69, 9.17) is 24.3 Å². The Hall–Kier alpha value is -0.500. The summed E-state index contributed by atoms with van der Waals surface area (Å²) in [5, 5.41) is 0. The van der Waals surface area contributed by atoms with Crippen LogP contribution in [0.3, 0.4) is 0 Å². The molecule has 0 saturated carbocycles. The quantitative estimate of drug-likeness (QED) is 0.0351. The first-order valence-corrected chi connectivity index (χ1v) is 34.5. The first-order valence-electron chi connectivity index (χ1n) is 33.0. The van der Waals surface area contributed by atoms with Crippen molar-refractivity contribution in [3.05, 3.63) is 0 Å². The molecule has 0 amide bonds. The van der Waals surface area contributed by atoms with E-state index in [1.165, 1.54) is 315 Å². The topological polar surface area (TPSA) is 117 Å². The van der Waals surface area contributed by atoms with Gasteiger partial charge in [-0.3, -0.25) is 13.8 Å². The Morgan fingerprint density at radius 1 is 0.356 bits per heavy atom. The average molecular weight is 1060 g/mol. The van der Waals surface area contributed by atoms with Gasteiger partial charge in [-0.2, -0.15) is 0 Å². The molecule has 0 aliphatic carbocycles. The largest absolute Gasteiger partial charge is 0.472 e. The number of phosphoric ester groups is 1. The Labute approximate surface area is 456 Å². The van der Waals surface area contributed by atoms with Gasteiger partial charge in [-0.15, -0.1) is 0 Å². The second kappa shape index (κ2) is 62.3. The highest BCUT2D eigenvalue weighted by molar-refractivity contribution is 7.47. The van der Waals surface area contributed by atoms with Gasteiger partial charge >= 0.3 is 13.8 Å². The molecule has 1 unspecified atom stereocenters. The number of carbonyl (C=O) groups excluding carboxylic acids is 1. The number of ether oxygens (including phenoxy) is 2. The van der Waals surface area contributed by atoms with Gasteiger partial charge < -0.3 is 20.1 Å². The standard InChI is InChI=1S/C64H130NO7P/c1-3-5-7-9-11-13-15-17-19-21-23-25-26-27-28-29-30-31-32-33-34-35-36-37-38-39-41-43-45-47-49-51-53-55-57-64(66)72-63(62-71-73(67,68)70-60-58-65)61-69-59-56-54-52-50-48-46-44-42-40-24-22-20-18-16-14-12-10-8-6-4-2/h63H,3-62,65H2,1-2H3,(H,67,68)/t63-/m1/s1. The van der Waals surface area contributed by atoms with Gasteiger partial charge in [0.1, 0.15) is 6.10 Å². The fraction of sp³-hybridized carbons (Fsp3) is 0.984. The van der Waals surface area contributed by atoms with Crippen molar-refractivity contribution in [3.8, 4) is 0 Å². The van der Waals surface area contributed by atoms with E-state index in [2.05, 4.69) is 13.8 Å². The lowest BCUT2D eigenvalue weighted by Crippen LogP contribution is -2.28. The average Bonchev–Trinajstić information content (AvgIpc) is 3.38. The normalized spacial score (nSPS) is 13.0. The zero-order valence-corrected chi connectivity index (χ0v) is 50.3. The van der Waals surface area contributed by atoms with Crippen molar-refractivity contribution in [3.63, 3.8) is 0 Å². The summed E-state index contributed by atoms with van der Waals surface area (Å²) in [5.41, 5.74) is 5.41. The van der Waals surface area contributed by atoms with Crippen LogP contribution in [-0.2, 0) is 27.9 Å². The highest BCUT2D eigenvalue weighted by atomic mass is 31.2. The van der Waals surface area contributed by atoms with Gasteiger partial charge in [-0.1, -0.05) is 348 Å². The lowest BCUT2D eigenvalue weighted by atomic mass is 10.0. The van der Waals surface area contributed by atoms with Crippen LogP contribution in [0.5, 0.6) is 0 Å². The Morgan fingerprint density at radius 2 is 0.603 bits per heavy atom. The fourth-order valence-corrected chi connectivity index (χ4v) is 11.2. The van der Waals surface area contributed by atoms with Gasteiger partial charge in [-0.05, 0) is 12.8 Å². The first-order chi connectivity index (χ1) is 35.9. The van der Waals surface area contributed by atoms with Crippen LogP contribution in [0.1, 0.15) is 367 Å². The molecule has 0 aromatic heterocycles. The van der Waals surface area contributed by atoms with Gasteiger partial charge in [0.2, 0.25) is 0 Å².